The Balaban J connectivity index is 2.38. The van der Waals surface area contributed by atoms with Gasteiger partial charge >= 0.3 is 0 Å². The van der Waals surface area contributed by atoms with Gasteiger partial charge in [-0.3, -0.25) is 4.79 Å². The Hall–Kier alpha value is -1.41. The van der Waals surface area contributed by atoms with Gasteiger partial charge in [-0.1, -0.05) is 43.3 Å². The molecule has 0 aromatic heterocycles. The van der Waals surface area contributed by atoms with E-state index < -0.39 is 6.10 Å². The largest absolute Gasteiger partial charge is 0.384 e. The summed E-state index contributed by atoms with van der Waals surface area (Å²) in [5, 5.41) is 9.50. The number of hydrogen-bond acceptors (Lipinski definition) is 2. The SMILES string of the molecule is CC1C=C(c2ccccc2)C(=O)C1O. The first-order valence-corrected chi connectivity index (χ1v) is 4.69. The Labute approximate surface area is 82.9 Å². The molecule has 0 amide bonds. The second kappa shape index (κ2) is 3.39. The van der Waals surface area contributed by atoms with Gasteiger partial charge in [0.2, 0.25) is 0 Å². The highest BCUT2D eigenvalue weighted by molar-refractivity contribution is 6.25. The van der Waals surface area contributed by atoms with Crippen LogP contribution in [0, 0.1) is 5.92 Å². The van der Waals surface area contributed by atoms with Crippen LogP contribution in [0.5, 0.6) is 0 Å². The van der Waals surface area contributed by atoms with E-state index in [4.69, 9.17) is 0 Å². The molecule has 0 aliphatic heterocycles. The summed E-state index contributed by atoms with van der Waals surface area (Å²) in [6.07, 6.45) is 0.979. The van der Waals surface area contributed by atoms with Crippen LogP contribution < -0.4 is 0 Å². The molecule has 2 atom stereocenters. The van der Waals surface area contributed by atoms with Gasteiger partial charge in [-0.2, -0.15) is 0 Å². The van der Waals surface area contributed by atoms with E-state index in [1.165, 1.54) is 0 Å². The minimum Gasteiger partial charge on any atom is -0.384 e. The molecule has 1 N–H and O–H groups in total. The maximum Gasteiger partial charge on any atom is 0.192 e. The highest BCUT2D eigenvalue weighted by Gasteiger charge is 2.31. The molecular formula is C12H12O2. The lowest BCUT2D eigenvalue weighted by Crippen LogP contribution is -2.20. The van der Waals surface area contributed by atoms with Crippen molar-refractivity contribution in [3.05, 3.63) is 42.0 Å². The molecule has 0 bridgehead atoms. The van der Waals surface area contributed by atoms with E-state index in [1.54, 1.807) is 0 Å². The zero-order valence-corrected chi connectivity index (χ0v) is 7.97. The van der Waals surface area contributed by atoms with Crippen LogP contribution in [-0.2, 0) is 4.79 Å². The van der Waals surface area contributed by atoms with Crippen LogP contribution in [0.2, 0.25) is 0 Å². The van der Waals surface area contributed by atoms with Gasteiger partial charge in [0.15, 0.2) is 5.78 Å². The first-order valence-electron chi connectivity index (χ1n) is 4.69. The second-order valence-electron chi connectivity index (χ2n) is 3.61. The molecule has 0 fully saturated rings. The topological polar surface area (TPSA) is 37.3 Å². The molecule has 0 radical (unpaired) electrons. The van der Waals surface area contributed by atoms with E-state index in [2.05, 4.69) is 0 Å². The number of rotatable bonds is 1. The van der Waals surface area contributed by atoms with Gasteiger partial charge in [-0.25, -0.2) is 0 Å². The summed E-state index contributed by atoms with van der Waals surface area (Å²) in [6.45, 7) is 1.85. The van der Waals surface area contributed by atoms with Gasteiger partial charge in [0.25, 0.3) is 0 Å². The number of Topliss-reactive ketones (excluding diaryl/α,β-unsaturated/α-hetero) is 1. The number of aliphatic hydroxyl groups excluding tert-OH is 1. The fourth-order valence-electron chi connectivity index (χ4n) is 1.69. The van der Waals surface area contributed by atoms with Crippen molar-refractivity contribution in [1.29, 1.82) is 0 Å². The Morgan fingerprint density at radius 1 is 1.21 bits per heavy atom. The molecule has 1 aromatic carbocycles. The monoisotopic (exact) mass is 188 g/mol. The van der Waals surface area contributed by atoms with E-state index in [0.717, 1.165) is 5.56 Å². The van der Waals surface area contributed by atoms with Gasteiger partial charge in [0.1, 0.15) is 6.10 Å². The van der Waals surface area contributed by atoms with Crippen LogP contribution in [0.25, 0.3) is 5.57 Å². The number of carbonyl (C=O) groups excluding carboxylic acids is 1. The Morgan fingerprint density at radius 3 is 2.36 bits per heavy atom. The van der Waals surface area contributed by atoms with Crippen LogP contribution in [0.4, 0.5) is 0 Å². The summed E-state index contributed by atoms with van der Waals surface area (Å²) >= 11 is 0. The molecule has 2 unspecified atom stereocenters. The fraction of sp³-hybridized carbons (Fsp3) is 0.250. The van der Waals surface area contributed by atoms with Crippen molar-refractivity contribution in [2.75, 3.05) is 0 Å². The second-order valence-corrected chi connectivity index (χ2v) is 3.61. The van der Waals surface area contributed by atoms with Crippen LogP contribution in [0.15, 0.2) is 36.4 Å². The molecule has 2 nitrogen and oxygen atoms in total. The summed E-state index contributed by atoms with van der Waals surface area (Å²) in [6, 6.07) is 9.45. The maximum absolute atomic E-state index is 11.6. The molecule has 14 heavy (non-hydrogen) atoms. The quantitative estimate of drug-likeness (QED) is 0.727. The van der Waals surface area contributed by atoms with Crippen molar-refractivity contribution in [3.8, 4) is 0 Å². The third kappa shape index (κ3) is 1.38. The van der Waals surface area contributed by atoms with Crippen molar-refractivity contribution < 1.29 is 9.90 Å². The van der Waals surface area contributed by atoms with Crippen molar-refractivity contribution in [2.24, 2.45) is 5.92 Å². The number of benzene rings is 1. The predicted octanol–water partition coefficient (Wildman–Crippen LogP) is 1.65. The molecule has 1 aromatic rings. The maximum atomic E-state index is 11.6. The lowest BCUT2D eigenvalue weighted by Gasteiger charge is -2.04. The average Bonchev–Trinajstić information content (AvgIpc) is 2.47. The van der Waals surface area contributed by atoms with Gasteiger partial charge in [-0.15, -0.1) is 0 Å². The number of carbonyl (C=O) groups is 1. The van der Waals surface area contributed by atoms with Crippen molar-refractivity contribution in [2.45, 2.75) is 13.0 Å². The first kappa shape index (κ1) is 9.16. The minimum absolute atomic E-state index is 0.0716. The summed E-state index contributed by atoms with van der Waals surface area (Å²) in [5.74, 6) is -0.235. The highest BCUT2D eigenvalue weighted by atomic mass is 16.3. The Bertz CT molecular complexity index is 379. The molecule has 1 aliphatic rings. The number of hydrogen-bond donors (Lipinski definition) is 1. The third-order valence-corrected chi connectivity index (χ3v) is 2.55. The fourth-order valence-corrected chi connectivity index (χ4v) is 1.69. The van der Waals surface area contributed by atoms with Crippen molar-refractivity contribution >= 4 is 11.4 Å². The lowest BCUT2D eigenvalue weighted by molar-refractivity contribution is -0.121. The van der Waals surface area contributed by atoms with Gasteiger partial charge in [0, 0.05) is 11.5 Å². The molecule has 2 rings (SSSR count). The molecule has 0 saturated carbocycles. The Morgan fingerprint density at radius 2 is 1.86 bits per heavy atom. The molecule has 2 heteroatoms. The summed E-state index contributed by atoms with van der Waals surface area (Å²) < 4.78 is 0. The number of ketones is 1. The standard InChI is InChI=1S/C12H12O2/c1-8-7-10(12(14)11(8)13)9-5-3-2-4-6-9/h2-8,11,13H,1H3. The van der Waals surface area contributed by atoms with E-state index in [9.17, 15) is 9.90 Å². The zero-order chi connectivity index (χ0) is 10.1. The average molecular weight is 188 g/mol. The normalized spacial score (nSPS) is 26.4. The van der Waals surface area contributed by atoms with E-state index >= 15 is 0 Å². The molecule has 72 valence electrons. The van der Waals surface area contributed by atoms with Gasteiger partial charge in [-0.05, 0) is 5.56 Å². The van der Waals surface area contributed by atoms with E-state index in [-0.39, 0.29) is 11.7 Å². The predicted molar refractivity (Wildman–Crippen MR) is 54.6 cm³/mol. The van der Waals surface area contributed by atoms with E-state index in [1.807, 2.05) is 43.3 Å². The third-order valence-electron chi connectivity index (χ3n) is 2.55. The van der Waals surface area contributed by atoms with Crippen molar-refractivity contribution in [1.82, 2.24) is 0 Å². The molecule has 1 aliphatic carbocycles. The van der Waals surface area contributed by atoms with Gasteiger partial charge in [0.05, 0.1) is 0 Å². The van der Waals surface area contributed by atoms with Crippen LogP contribution in [0.1, 0.15) is 12.5 Å². The first-order chi connectivity index (χ1) is 6.70. The van der Waals surface area contributed by atoms with Crippen LogP contribution >= 0.6 is 0 Å². The molecular weight excluding hydrogens is 176 g/mol. The summed E-state index contributed by atoms with van der Waals surface area (Å²) in [4.78, 5) is 11.6. The van der Waals surface area contributed by atoms with Gasteiger partial charge < -0.3 is 5.11 Å². The lowest BCUT2D eigenvalue weighted by atomic mass is 10.0. The summed E-state index contributed by atoms with van der Waals surface area (Å²) in [7, 11) is 0. The highest BCUT2D eigenvalue weighted by Crippen LogP contribution is 2.28. The molecule has 0 saturated heterocycles. The number of aliphatic hydroxyl groups is 1. The molecule has 0 heterocycles. The molecule has 0 spiro atoms. The van der Waals surface area contributed by atoms with Crippen molar-refractivity contribution in [3.63, 3.8) is 0 Å². The minimum atomic E-state index is -0.856. The van der Waals surface area contributed by atoms with E-state index in [0.29, 0.717) is 5.57 Å². The Kier molecular flexibility index (Phi) is 2.22. The zero-order valence-electron chi connectivity index (χ0n) is 7.97. The van der Waals surface area contributed by atoms with Crippen LogP contribution in [0.3, 0.4) is 0 Å². The van der Waals surface area contributed by atoms with Crippen LogP contribution in [-0.4, -0.2) is 17.0 Å². The smallest absolute Gasteiger partial charge is 0.192 e. The summed E-state index contributed by atoms with van der Waals surface area (Å²) in [5.41, 5.74) is 1.53.